The molecule has 1 aliphatic rings. The van der Waals surface area contributed by atoms with Gasteiger partial charge < -0.3 is 19.7 Å². The summed E-state index contributed by atoms with van der Waals surface area (Å²) >= 11 is 1.15. The fourth-order valence-electron chi connectivity index (χ4n) is 3.87. The fraction of sp³-hybridized carbons (Fsp3) is 0.348. The van der Waals surface area contributed by atoms with Gasteiger partial charge in [0.1, 0.15) is 16.4 Å². The number of nitrogens with zero attached hydrogens (tertiary/aromatic N) is 2. The molecular weight excluding hydrogens is 432 g/mol. The van der Waals surface area contributed by atoms with Crippen LogP contribution in [0.1, 0.15) is 46.5 Å². The van der Waals surface area contributed by atoms with Gasteiger partial charge in [-0.2, -0.15) is 5.10 Å². The molecule has 32 heavy (non-hydrogen) atoms. The molecule has 0 amide bonds. The SMILES string of the molecule is Cn1ncc2c1-c1c(Oc3ccc(OCCCCCC(=O)O)cc3)sc(C(=O)O)c1CC2. The van der Waals surface area contributed by atoms with Crippen molar-refractivity contribution in [1.29, 1.82) is 0 Å². The molecule has 2 aromatic heterocycles. The van der Waals surface area contributed by atoms with Crippen LogP contribution in [0.15, 0.2) is 30.5 Å². The fourth-order valence-corrected chi connectivity index (χ4v) is 4.93. The third-order valence-corrected chi connectivity index (χ3v) is 6.50. The summed E-state index contributed by atoms with van der Waals surface area (Å²) in [5.74, 6) is -0.430. The highest BCUT2D eigenvalue weighted by Crippen LogP contribution is 2.48. The molecule has 0 fully saturated rings. The van der Waals surface area contributed by atoms with Crippen LogP contribution in [0, 0.1) is 0 Å². The number of hydrogen-bond donors (Lipinski definition) is 2. The number of carboxylic acids is 2. The normalized spacial score (nSPS) is 12.2. The second-order valence-electron chi connectivity index (χ2n) is 7.65. The lowest BCUT2D eigenvalue weighted by Crippen LogP contribution is -2.08. The predicted molar refractivity (Wildman–Crippen MR) is 119 cm³/mol. The number of aryl methyl sites for hydroxylation is 2. The van der Waals surface area contributed by atoms with Gasteiger partial charge in [-0.05, 0) is 67.5 Å². The number of carbonyl (C=O) groups is 2. The minimum Gasteiger partial charge on any atom is -0.494 e. The Kier molecular flexibility index (Phi) is 6.45. The molecule has 0 aliphatic heterocycles. The number of aromatic nitrogens is 2. The first-order valence-corrected chi connectivity index (χ1v) is 11.3. The number of rotatable bonds is 10. The highest BCUT2D eigenvalue weighted by atomic mass is 32.1. The van der Waals surface area contributed by atoms with E-state index >= 15 is 0 Å². The summed E-state index contributed by atoms with van der Waals surface area (Å²) in [6.45, 7) is 0.517. The van der Waals surface area contributed by atoms with Gasteiger partial charge in [-0.25, -0.2) is 4.79 Å². The van der Waals surface area contributed by atoms with E-state index in [1.165, 1.54) is 0 Å². The Bertz CT molecular complexity index is 1130. The van der Waals surface area contributed by atoms with Gasteiger partial charge in [-0.15, -0.1) is 0 Å². The topological polar surface area (TPSA) is 111 Å². The predicted octanol–water partition coefficient (Wildman–Crippen LogP) is 4.76. The lowest BCUT2D eigenvalue weighted by molar-refractivity contribution is -0.137. The summed E-state index contributed by atoms with van der Waals surface area (Å²) in [6.07, 6.45) is 5.66. The van der Waals surface area contributed by atoms with E-state index in [4.69, 9.17) is 14.6 Å². The maximum Gasteiger partial charge on any atom is 0.346 e. The standard InChI is InChI=1S/C23H24N2O6S/c1-25-20-14(13-24-25)6-11-17-19(20)23(32-21(17)22(28)29)31-16-9-7-15(8-10-16)30-12-4-2-3-5-18(26)27/h7-10,13H,2-6,11-12H2,1H3,(H,26,27)(H,28,29). The highest BCUT2D eigenvalue weighted by molar-refractivity contribution is 7.16. The second-order valence-corrected chi connectivity index (χ2v) is 8.63. The van der Waals surface area contributed by atoms with E-state index in [0.717, 1.165) is 53.0 Å². The maximum atomic E-state index is 11.8. The molecule has 9 heteroatoms. The van der Waals surface area contributed by atoms with Gasteiger partial charge >= 0.3 is 11.9 Å². The lowest BCUT2D eigenvalue weighted by atomic mass is 9.92. The van der Waals surface area contributed by atoms with Crippen molar-refractivity contribution in [1.82, 2.24) is 9.78 Å². The zero-order chi connectivity index (χ0) is 22.7. The first-order chi connectivity index (χ1) is 15.4. The zero-order valence-electron chi connectivity index (χ0n) is 17.7. The average Bonchev–Trinajstić information content (AvgIpc) is 3.32. The quantitative estimate of drug-likeness (QED) is 0.423. The van der Waals surface area contributed by atoms with Crippen molar-refractivity contribution in [2.75, 3.05) is 6.61 Å². The second kappa shape index (κ2) is 9.44. The maximum absolute atomic E-state index is 11.8. The summed E-state index contributed by atoms with van der Waals surface area (Å²) in [5, 5.41) is 23.2. The van der Waals surface area contributed by atoms with Gasteiger partial charge in [0, 0.05) is 13.5 Å². The number of thiophene rings is 1. The Hall–Kier alpha value is -3.33. The molecule has 0 unspecified atom stereocenters. The number of benzene rings is 1. The molecule has 1 aliphatic carbocycles. The van der Waals surface area contributed by atoms with E-state index in [0.29, 0.717) is 40.9 Å². The number of carboxylic acid groups (broad SMARTS) is 2. The van der Waals surface area contributed by atoms with Gasteiger partial charge in [0.05, 0.1) is 24.1 Å². The first-order valence-electron chi connectivity index (χ1n) is 10.5. The van der Waals surface area contributed by atoms with Crippen LogP contribution in [0.25, 0.3) is 11.3 Å². The Morgan fingerprint density at radius 2 is 1.84 bits per heavy atom. The summed E-state index contributed by atoms with van der Waals surface area (Å²) < 4.78 is 13.6. The average molecular weight is 457 g/mol. The number of hydrogen-bond acceptors (Lipinski definition) is 6. The van der Waals surface area contributed by atoms with Crippen molar-refractivity contribution in [3.8, 4) is 27.8 Å². The molecule has 4 rings (SSSR count). The highest BCUT2D eigenvalue weighted by Gasteiger charge is 2.31. The molecule has 0 saturated carbocycles. The Labute approximate surface area is 189 Å². The monoisotopic (exact) mass is 456 g/mol. The van der Waals surface area contributed by atoms with Crippen molar-refractivity contribution in [3.05, 3.63) is 46.5 Å². The lowest BCUT2D eigenvalue weighted by Gasteiger charge is -2.16. The van der Waals surface area contributed by atoms with Gasteiger partial charge in [0.15, 0.2) is 5.06 Å². The molecule has 0 bridgehead atoms. The number of ether oxygens (including phenoxy) is 2. The van der Waals surface area contributed by atoms with Crippen LogP contribution in [0.2, 0.25) is 0 Å². The van der Waals surface area contributed by atoms with E-state index in [1.807, 2.05) is 13.2 Å². The zero-order valence-corrected chi connectivity index (χ0v) is 18.5. The minimum atomic E-state index is -0.946. The van der Waals surface area contributed by atoms with Crippen LogP contribution in [0.4, 0.5) is 0 Å². The van der Waals surface area contributed by atoms with Gasteiger partial charge in [-0.3, -0.25) is 9.48 Å². The van der Waals surface area contributed by atoms with E-state index in [-0.39, 0.29) is 6.42 Å². The summed E-state index contributed by atoms with van der Waals surface area (Å²) in [5.41, 5.74) is 3.62. The van der Waals surface area contributed by atoms with Crippen molar-refractivity contribution in [2.24, 2.45) is 7.05 Å². The van der Waals surface area contributed by atoms with Gasteiger partial charge in [0.25, 0.3) is 0 Å². The molecule has 0 atom stereocenters. The van der Waals surface area contributed by atoms with Crippen molar-refractivity contribution < 1.29 is 29.3 Å². The summed E-state index contributed by atoms with van der Waals surface area (Å²) in [4.78, 5) is 22.6. The Balaban J connectivity index is 1.45. The Morgan fingerprint density at radius 1 is 1.09 bits per heavy atom. The Morgan fingerprint density at radius 3 is 2.56 bits per heavy atom. The van der Waals surface area contributed by atoms with Crippen molar-refractivity contribution in [3.63, 3.8) is 0 Å². The van der Waals surface area contributed by atoms with Crippen LogP contribution in [0.3, 0.4) is 0 Å². The van der Waals surface area contributed by atoms with E-state index in [9.17, 15) is 14.7 Å². The van der Waals surface area contributed by atoms with Crippen molar-refractivity contribution in [2.45, 2.75) is 38.5 Å². The molecule has 2 heterocycles. The number of aliphatic carboxylic acids is 1. The van der Waals surface area contributed by atoms with Crippen LogP contribution in [-0.2, 0) is 24.7 Å². The van der Waals surface area contributed by atoms with E-state index < -0.39 is 11.9 Å². The molecule has 0 saturated heterocycles. The van der Waals surface area contributed by atoms with E-state index in [2.05, 4.69) is 5.10 Å². The first kappa shape index (κ1) is 21.9. The third kappa shape index (κ3) is 4.62. The molecule has 8 nitrogen and oxygen atoms in total. The van der Waals surface area contributed by atoms with Crippen LogP contribution in [0.5, 0.6) is 16.6 Å². The van der Waals surface area contributed by atoms with Crippen LogP contribution >= 0.6 is 11.3 Å². The molecule has 3 aromatic rings. The van der Waals surface area contributed by atoms with Gasteiger partial charge in [0.2, 0.25) is 0 Å². The smallest absolute Gasteiger partial charge is 0.346 e. The molecular formula is C23H24N2O6S. The summed E-state index contributed by atoms with van der Waals surface area (Å²) in [6, 6.07) is 7.19. The molecule has 168 valence electrons. The van der Waals surface area contributed by atoms with Crippen LogP contribution < -0.4 is 9.47 Å². The molecule has 2 N–H and O–H groups in total. The van der Waals surface area contributed by atoms with Crippen LogP contribution in [-0.4, -0.2) is 38.5 Å². The van der Waals surface area contributed by atoms with Gasteiger partial charge in [-0.1, -0.05) is 11.3 Å². The molecule has 1 aromatic carbocycles. The third-order valence-electron chi connectivity index (χ3n) is 5.40. The van der Waals surface area contributed by atoms with Crippen molar-refractivity contribution >= 4 is 23.3 Å². The number of fused-ring (bicyclic) bond motifs is 3. The molecule has 0 radical (unpaired) electrons. The minimum absolute atomic E-state index is 0.183. The number of unbranched alkanes of at least 4 members (excludes halogenated alkanes) is 2. The molecule has 0 spiro atoms. The number of aromatic carboxylic acids is 1. The largest absolute Gasteiger partial charge is 0.494 e. The summed E-state index contributed by atoms with van der Waals surface area (Å²) in [7, 11) is 1.85. The van der Waals surface area contributed by atoms with E-state index in [1.54, 1.807) is 28.9 Å².